The van der Waals surface area contributed by atoms with E-state index in [-0.39, 0.29) is 17.6 Å². The van der Waals surface area contributed by atoms with Crippen molar-refractivity contribution in [1.29, 1.82) is 0 Å². The first-order chi connectivity index (χ1) is 13.9. The zero-order valence-electron chi connectivity index (χ0n) is 15.5. The number of halogens is 2. The van der Waals surface area contributed by atoms with E-state index in [1.807, 2.05) is 24.3 Å². The normalized spacial score (nSPS) is 20.3. The molecule has 0 radical (unpaired) electrons. The number of alkyl halides is 2. The van der Waals surface area contributed by atoms with Gasteiger partial charge in [0.2, 0.25) is 0 Å². The van der Waals surface area contributed by atoms with E-state index in [4.69, 9.17) is 10.5 Å². The van der Waals surface area contributed by atoms with Gasteiger partial charge < -0.3 is 19.9 Å². The largest absolute Gasteiger partial charge is 0.586 e. The number of likely N-dealkylation sites (tertiary alicyclic amines) is 1. The molecule has 0 spiro atoms. The Morgan fingerprint density at radius 3 is 2.90 bits per heavy atom. The lowest BCUT2D eigenvalue weighted by Crippen LogP contribution is -2.26. The van der Waals surface area contributed by atoms with Crippen LogP contribution in [-0.2, 0) is 6.54 Å². The fraction of sp³-hybridized carbons (Fsp3) is 0.286. The Balaban J connectivity index is 1.26. The molecule has 5 rings (SSSR count). The minimum Gasteiger partial charge on any atom is -0.487 e. The average Bonchev–Trinajstić information content (AvgIpc) is 3.24. The smallest absolute Gasteiger partial charge is 0.487 e. The van der Waals surface area contributed by atoms with Gasteiger partial charge in [-0.05, 0) is 42.3 Å². The van der Waals surface area contributed by atoms with Gasteiger partial charge in [0.15, 0.2) is 11.5 Å². The minimum atomic E-state index is -3.59. The summed E-state index contributed by atoms with van der Waals surface area (Å²) < 4.78 is 41.6. The van der Waals surface area contributed by atoms with E-state index < -0.39 is 6.29 Å². The van der Waals surface area contributed by atoms with Gasteiger partial charge in [0.05, 0.1) is 0 Å². The summed E-state index contributed by atoms with van der Waals surface area (Å²) >= 11 is 0. The van der Waals surface area contributed by atoms with Crippen LogP contribution in [0.1, 0.15) is 12.0 Å². The molecule has 150 valence electrons. The number of para-hydroxylation sites is 1. The molecule has 1 fully saturated rings. The van der Waals surface area contributed by atoms with Gasteiger partial charge in [0.1, 0.15) is 23.2 Å². The van der Waals surface area contributed by atoms with Crippen molar-refractivity contribution in [2.45, 2.75) is 25.4 Å². The molecule has 0 bridgehead atoms. The fourth-order valence-corrected chi connectivity index (χ4v) is 3.80. The second kappa shape index (κ2) is 6.73. The predicted octanol–water partition coefficient (Wildman–Crippen LogP) is 3.79. The summed E-state index contributed by atoms with van der Waals surface area (Å²) in [5, 5.41) is 0.976. The molecule has 1 aromatic heterocycles. The molecule has 6 nitrogen and oxygen atoms in total. The van der Waals surface area contributed by atoms with Gasteiger partial charge in [-0.2, -0.15) is 0 Å². The van der Waals surface area contributed by atoms with Crippen LogP contribution in [-0.4, -0.2) is 35.4 Å². The molecule has 2 aromatic carbocycles. The van der Waals surface area contributed by atoms with Gasteiger partial charge in [-0.1, -0.05) is 18.2 Å². The Kier molecular flexibility index (Phi) is 4.16. The highest BCUT2D eigenvalue weighted by atomic mass is 19.3. The molecule has 3 heterocycles. The van der Waals surface area contributed by atoms with Crippen LogP contribution >= 0.6 is 0 Å². The van der Waals surface area contributed by atoms with E-state index in [9.17, 15) is 8.78 Å². The monoisotopic (exact) mass is 399 g/mol. The fourth-order valence-electron chi connectivity index (χ4n) is 3.80. The van der Waals surface area contributed by atoms with Crippen molar-refractivity contribution in [3.63, 3.8) is 0 Å². The molecule has 2 aliphatic rings. The van der Waals surface area contributed by atoms with Crippen LogP contribution in [0.5, 0.6) is 17.2 Å². The number of nitrogens with two attached hydrogens (primary N) is 1. The highest BCUT2D eigenvalue weighted by molar-refractivity contribution is 5.85. The number of nitrogens with zero attached hydrogens (tertiary/aromatic N) is 2. The highest BCUT2D eigenvalue weighted by Gasteiger charge is 2.43. The number of pyridine rings is 1. The molecule has 0 amide bonds. The van der Waals surface area contributed by atoms with Crippen LogP contribution in [0.3, 0.4) is 0 Å². The van der Waals surface area contributed by atoms with Gasteiger partial charge in [0.25, 0.3) is 0 Å². The van der Waals surface area contributed by atoms with Crippen molar-refractivity contribution in [2.75, 3.05) is 18.8 Å². The van der Waals surface area contributed by atoms with Crippen LogP contribution in [0.4, 0.5) is 14.6 Å². The van der Waals surface area contributed by atoms with Crippen molar-refractivity contribution in [3.8, 4) is 17.2 Å². The lowest BCUT2D eigenvalue weighted by molar-refractivity contribution is -0.286. The third-order valence-electron chi connectivity index (χ3n) is 5.10. The first kappa shape index (κ1) is 17.9. The number of nitrogen functional groups attached to an aromatic ring is 1. The van der Waals surface area contributed by atoms with E-state index in [1.54, 1.807) is 18.2 Å². The number of hydrogen-bond donors (Lipinski definition) is 1. The molecule has 2 N–H and O–H groups in total. The van der Waals surface area contributed by atoms with E-state index in [1.165, 1.54) is 6.07 Å². The maximum atomic E-state index is 13.2. The van der Waals surface area contributed by atoms with E-state index in [0.29, 0.717) is 18.1 Å². The standard InChI is InChI=1S/C21H19F2N3O3/c22-21(23)28-16-6-4-13(10-18(16)29-21)11-26-9-8-15(12-26)27-17-3-1-2-14-5-7-19(24)25-20(14)17/h1-7,10,15H,8-9,11-12H2,(H2,24,25)/t15-/m0/s1. The topological polar surface area (TPSA) is 69.8 Å². The Bertz CT molecular complexity index is 1080. The molecule has 0 saturated carbocycles. The Labute approximate surface area is 165 Å². The number of rotatable bonds is 4. The number of hydrogen-bond acceptors (Lipinski definition) is 6. The van der Waals surface area contributed by atoms with Crippen molar-refractivity contribution >= 4 is 16.7 Å². The summed E-state index contributed by atoms with van der Waals surface area (Å²) in [4.78, 5) is 6.62. The Morgan fingerprint density at radius 1 is 1.14 bits per heavy atom. The van der Waals surface area contributed by atoms with Gasteiger partial charge in [-0.3, -0.25) is 4.90 Å². The van der Waals surface area contributed by atoms with Crippen molar-refractivity contribution in [1.82, 2.24) is 9.88 Å². The third kappa shape index (κ3) is 3.63. The molecule has 1 saturated heterocycles. The van der Waals surface area contributed by atoms with Crippen LogP contribution < -0.4 is 19.9 Å². The average molecular weight is 399 g/mol. The van der Waals surface area contributed by atoms with Gasteiger partial charge in [-0.25, -0.2) is 4.98 Å². The molecule has 3 aromatic rings. The molecule has 2 aliphatic heterocycles. The number of aromatic nitrogens is 1. The third-order valence-corrected chi connectivity index (χ3v) is 5.10. The minimum absolute atomic E-state index is 0.0159. The summed E-state index contributed by atoms with van der Waals surface area (Å²) in [7, 11) is 0. The van der Waals surface area contributed by atoms with E-state index in [2.05, 4.69) is 19.4 Å². The lowest BCUT2D eigenvalue weighted by atomic mass is 10.2. The number of anilines is 1. The summed E-state index contributed by atoms with van der Waals surface area (Å²) in [6, 6.07) is 14.4. The zero-order valence-corrected chi connectivity index (χ0v) is 15.5. The SMILES string of the molecule is Nc1ccc2cccc(O[C@H]3CCN(Cc4ccc5c(c4)OC(F)(F)O5)C3)c2n1. The number of fused-ring (bicyclic) bond motifs is 2. The second-order valence-electron chi connectivity index (χ2n) is 7.28. The van der Waals surface area contributed by atoms with Crippen LogP contribution in [0, 0.1) is 0 Å². The first-order valence-electron chi connectivity index (χ1n) is 9.38. The molecule has 1 atom stereocenters. The van der Waals surface area contributed by atoms with Gasteiger partial charge in [0, 0.05) is 25.0 Å². The molecule has 29 heavy (non-hydrogen) atoms. The van der Waals surface area contributed by atoms with E-state index >= 15 is 0 Å². The van der Waals surface area contributed by atoms with Gasteiger partial charge >= 0.3 is 6.29 Å². The summed E-state index contributed by atoms with van der Waals surface area (Å²) in [6.07, 6.45) is -2.72. The van der Waals surface area contributed by atoms with Crippen molar-refractivity contribution < 1.29 is 23.0 Å². The summed E-state index contributed by atoms with van der Waals surface area (Å²) in [5.41, 5.74) is 7.46. The van der Waals surface area contributed by atoms with Crippen molar-refractivity contribution in [3.05, 3.63) is 54.1 Å². The highest BCUT2D eigenvalue weighted by Crippen LogP contribution is 2.41. The molecule has 0 aliphatic carbocycles. The molecular weight excluding hydrogens is 380 g/mol. The summed E-state index contributed by atoms with van der Waals surface area (Å²) in [5.74, 6) is 1.30. The Hall–Kier alpha value is -3.13. The first-order valence-corrected chi connectivity index (χ1v) is 9.38. The maximum absolute atomic E-state index is 13.2. The number of benzene rings is 2. The molecular formula is C21H19F2N3O3. The summed E-state index contributed by atoms with van der Waals surface area (Å²) in [6.45, 7) is 2.18. The van der Waals surface area contributed by atoms with Crippen molar-refractivity contribution in [2.24, 2.45) is 0 Å². The lowest BCUT2D eigenvalue weighted by Gasteiger charge is -2.18. The molecule has 0 unspecified atom stereocenters. The molecule has 8 heteroatoms. The predicted molar refractivity (Wildman–Crippen MR) is 103 cm³/mol. The number of ether oxygens (including phenoxy) is 3. The second-order valence-corrected chi connectivity index (χ2v) is 7.28. The quantitative estimate of drug-likeness (QED) is 0.720. The zero-order chi connectivity index (χ0) is 20.0. The van der Waals surface area contributed by atoms with Crippen LogP contribution in [0.2, 0.25) is 0 Å². The van der Waals surface area contributed by atoms with Crippen LogP contribution in [0.25, 0.3) is 10.9 Å². The van der Waals surface area contributed by atoms with Crippen LogP contribution in [0.15, 0.2) is 48.5 Å². The maximum Gasteiger partial charge on any atom is 0.586 e. The Morgan fingerprint density at radius 2 is 2.00 bits per heavy atom. The van der Waals surface area contributed by atoms with E-state index in [0.717, 1.165) is 36.0 Å². The van der Waals surface area contributed by atoms with Gasteiger partial charge in [-0.15, -0.1) is 8.78 Å².